The largest absolute Gasteiger partial charge is 0.482 e. The lowest BCUT2D eigenvalue weighted by atomic mass is 10.2. The van der Waals surface area contributed by atoms with Crippen LogP contribution in [0.3, 0.4) is 0 Å². The van der Waals surface area contributed by atoms with Gasteiger partial charge in [0.05, 0.1) is 0 Å². The third-order valence-electron chi connectivity index (χ3n) is 2.92. The molecule has 92 valence electrons. The van der Waals surface area contributed by atoms with Gasteiger partial charge in [0.2, 0.25) is 0 Å². The van der Waals surface area contributed by atoms with Crippen LogP contribution in [0.4, 0.5) is 5.69 Å². The van der Waals surface area contributed by atoms with Crippen molar-refractivity contribution in [3.05, 3.63) is 24.3 Å². The summed E-state index contributed by atoms with van der Waals surface area (Å²) < 4.78 is 5.13. The number of carboxylic acids is 1. The normalized spacial score (nSPS) is 15.8. The van der Waals surface area contributed by atoms with Gasteiger partial charge in [0.1, 0.15) is 5.75 Å². The highest BCUT2D eigenvalue weighted by molar-refractivity contribution is 5.68. The predicted octanol–water partition coefficient (Wildman–Crippen LogP) is 2.50. The second-order valence-electron chi connectivity index (χ2n) is 4.34. The van der Waals surface area contributed by atoms with E-state index in [1.807, 2.05) is 18.2 Å². The molecule has 1 aromatic rings. The first kappa shape index (κ1) is 11.8. The Balaban J connectivity index is 1.93. The number of benzene rings is 1. The average molecular weight is 235 g/mol. The molecule has 1 fully saturated rings. The molecule has 0 amide bonds. The number of ether oxygens (including phenoxy) is 1. The van der Waals surface area contributed by atoms with E-state index in [1.54, 1.807) is 6.07 Å². The van der Waals surface area contributed by atoms with Crippen molar-refractivity contribution in [2.75, 3.05) is 11.9 Å². The quantitative estimate of drug-likeness (QED) is 0.823. The number of anilines is 1. The molecule has 1 aromatic carbocycles. The van der Waals surface area contributed by atoms with Crippen LogP contribution in [-0.4, -0.2) is 23.7 Å². The second-order valence-corrected chi connectivity index (χ2v) is 4.34. The van der Waals surface area contributed by atoms with Crippen LogP contribution in [0.1, 0.15) is 25.7 Å². The van der Waals surface area contributed by atoms with Gasteiger partial charge in [0, 0.05) is 17.8 Å². The molecule has 1 aliphatic carbocycles. The fourth-order valence-electron chi connectivity index (χ4n) is 2.13. The molecule has 0 aliphatic heterocycles. The SMILES string of the molecule is O=C(O)COc1cccc(NC2CCCC2)c1. The lowest BCUT2D eigenvalue weighted by Gasteiger charge is -2.14. The van der Waals surface area contributed by atoms with Crippen molar-refractivity contribution in [1.82, 2.24) is 0 Å². The molecule has 0 aromatic heterocycles. The highest BCUT2D eigenvalue weighted by atomic mass is 16.5. The molecule has 0 spiro atoms. The van der Waals surface area contributed by atoms with Crippen molar-refractivity contribution < 1.29 is 14.6 Å². The van der Waals surface area contributed by atoms with Crippen LogP contribution in [0.2, 0.25) is 0 Å². The molecule has 2 N–H and O–H groups in total. The lowest BCUT2D eigenvalue weighted by molar-refractivity contribution is -0.139. The number of aliphatic carboxylic acids is 1. The molecule has 0 unspecified atom stereocenters. The molecule has 17 heavy (non-hydrogen) atoms. The molecule has 1 saturated carbocycles. The maximum Gasteiger partial charge on any atom is 0.341 e. The van der Waals surface area contributed by atoms with Gasteiger partial charge >= 0.3 is 5.97 Å². The van der Waals surface area contributed by atoms with E-state index in [-0.39, 0.29) is 6.61 Å². The van der Waals surface area contributed by atoms with E-state index < -0.39 is 5.97 Å². The molecule has 1 aliphatic rings. The Kier molecular flexibility index (Phi) is 3.85. The van der Waals surface area contributed by atoms with Gasteiger partial charge in [-0.1, -0.05) is 18.9 Å². The van der Waals surface area contributed by atoms with Gasteiger partial charge in [0.15, 0.2) is 6.61 Å². The Labute approximate surface area is 101 Å². The molecular weight excluding hydrogens is 218 g/mol. The number of carboxylic acid groups (broad SMARTS) is 1. The zero-order valence-corrected chi connectivity index (χ0v) is 9.69. The molecular formula is C13H17NO3. The molecule has 4 heteroatoms. The Morgan fingerprint density at radius 1 is 1.41 bits per heavy atom. The van der Waals surface area contributed by atoms with Gasteiger partial charge in [-0.15, -0.1) is 0 Å². The lowest BCUT2D eigenvalue weighted by Crippen LogP contribution is -2.14. The van der Waals surface area contributed by atoms with Crippen molar-refractivity contribution >= 4 is 11.7 Å². The Bertz CT molecular complexity index is 386. The molecule has 0 radical (unpaired) electrons. The van der Waals surface area contributed by atoms with Crippen molar-refractivity contribution in [2.45, 2.75) is 31.7 Å². The summed E-state index contributed by atoms with van der Waals surface area (Å²) in [7, 11) is 0. The average Bonchev–Trinajstić information content (AvgIpc) is 2.80. The van der Waals surface area contributed by atoms with E-state index in [2.05, 4.69) is 5.32 Å². The maximum atomic E-state index is 10.4. The highest BCUT2D eigenvalue weighted by Gasteiger charge is 2.14. The molecule has 2 rings (SSSR count). The van der Waals surface area contributed by atoms with Gasteiger partial charge in [-0.05, 0) is 25.0 Å². The third kappa shape index (κ3) is 3.66. The maximum absolute atomic E-state index is 10.4. The molecule has 0 bridgehead atoms. The van der Waals surface area contributed by atoms with Gasteiger partial charge in [-0.2, -0.15) is 0 Å². The van der Waals surface area contributed by atoms with Gasteiger partial charge in [0.25, 0.3) is 0 Å². The number of hydrogen-bond donors (Lipinski definition) is 2. The first-order valence-electron chi connectivity index (χ1n) is 5.95. The monoisotopic (exact) mass is 235 g/mol. The second kappa shape index (κ2) is 5.57. The van der Waals surface area contributed by atoms with Crippen molar-refractivity contribution in [2.24, 2.45) is 0 Å². The molecule has 4 nitrogen and oxygen atoms in total. The van der Waals surface area contributed by atoms with Crippen molar-refractivity contribution in [3.8, 4) is 5.75 Å². The molecule has 0 saturated heterocycles. The van der Waals surface area contributed by atoms with Crippen LogP contribution in [0, 0.1) is 0 Å². The summed E-state index contributed by atoms with van der Waals surface area (Å²) in [6, 6.07) is 8.01. The predicted molar refractivity (Wildman–Crippen MR) is 65.5 cm³/mol. The van der Waals surface area contributed by atoms with E-state index in [4.69, 9.17) is 9.84 Å². The Hall–Kier alpha value is -1.71. The van der Waals surface area contributed by atoms with Crippen LogP contribution < -0.4 is 10.1 Å². The van der Waals surface area contributed by atoms with Crippen LogP contribution in [0.5, 0.6) is 5.75 Å². The van der Waals surface area contributed by atoms with Gasteiger partial charge in [-0.3, -0.25) is 0 Å². The summed E-state index contributed by atoms with van der Waals surface area (Å²) in [6.07, 6.45) is 4.99. The fraction of sp³-hybridized carbons (Fsp3) is 0.462. The van der Waals surface area contributed by atoms with E-state index in [9.17, 15) is 4.79 Å². The molecule has 0 heterocycles. The van der Waals surface area contributed by atoms with Crippen LogP contribution in [-0.2, 0) is 4.79 Å². The summed E-state index contributed by atoms with van der Waals surface area (Å²) in [4.78, 5) is 10.4. The van der Waals surface area contributed by atoms with E-state index in [0.717, 1.165) is 5.69 Å². The first-order chi connectivity index (χ1) is 8.24. The summed E-state index contributed by atoms with van der Waals surface area (Å²) in [5.74, 6) is -0.366. The zero-order chi connectivity index (χ0) is 12.1. The number of nitrogens with one attached hydrogen (secondary N) is 1. The minimum Gasteiger partial charge on any atom is -0.482 e. The molecule has 0 atom stereocenters. The van der Waals surface area contributed by atoms with Crippen LogP contribution >= 0.6 is 0 Å². The Morgan fingerprint density at radius 3 is 2.88 bits per heavy atom. The summed E-state index contributed by atoms with van der Waals surface area (Å²) in [5, 5.41) is 12.0. The number of rotatable bonds is 5. The van der Waals surface area contributed by atoms with Gasteiger partial charge < -0.3 is 15.2 Å². The topological polar surface area (TPSA) is 58.6 Å². The smallest absolute Gasteiger partial charge is 0.341 e. The standard InChI is InChI=1S/C13H17NO3/c15-13(16)9-17-12-7-3-6-11(8-12)14-10-4-1-2-5-10/h3,6-8,10,14H,1-2,4-5,9H2,(H,15,16). The van der Waals surface area contributed by atoms with Crippen molar-refractivity contribution in [1.29, 1.82) is 0 Å². The summed E-state index contributed by atoms with van der Waals surface area (Å²) in [6.45, 7) is -0.299. The zero-order valence-electron chi connectivity index (χ0n) is 9.69. The summed E-state index contributed by atoms with van der Waals surface area (Å²) >= 11 is 0. The minimum atomic E-state index is -0.959. The van der Waals surface area contributed by atoms with Crippen LogP contribution in [0.25, 0.3) is 0 Å². The number of carbonyl (C=O) groups is 1. The van der Waals surface area contributed by atoms with Gasteiger partial charge in [-0.25, -0.2) is 4.79 Å². The summed E-state index contributed by atoms with van der Waals surface area (Å²) in [5.41, 5.74) is 1.000. The van der Waals surface area contributed by atoms with Crippen molar-refractivity contribution in [3.63, 3.8) is 0 Å². The first-order valence-corrected chi connectivity index (χ1v) is 5.95. The highest BCUT2D eigenvalue weighted by Crippen LogP contribution is 2.24. The number of hydrogen-bond acceptors (Lipinski definition) is 3. The van der Waals surface area contributed by atoms with Crippen LogP contribution in [0.15, 0.2) is 24.3 Å². The third-order valence-corrected chi connectivity index (χ3v) is 2.92. The van der Waals surface area contributed by atoms with E-state index in [1.165, 1.54) is 25.7 Å². The van der Waals surface area contributed by atoms with E-state index in [0.29, 0.717) is 11.8 Å². The Morgan fingerprint density at radius 2 is 2.18 bits per heavy atom. The minimum absolute atomic E-state index is 0.299. The van der Waals surface area contributed by atoms with E-state index >= 15 is 0 Å². The fourth-order valence-corrected chi connectivity index (χ4v) is 2.13.